The van der Waals surface area contributed by atoms with E-state index in [2.05, 4.69) is 21.2 Å². The second kappa shape index (κ2) is 3.79. The van der Waals surface area contributed by atoms with E-state index in [4.69, 9.17) is 0 Å². The lowest BCUT2D eigenvalue weighted by Crippen LogP contribution is -2.39. The molecular formula is C10H9BrF3N. The van der Waals surface area contributed by atoms with Crippen LogP contribution in [-0.4, -0.2) is 12.7 Å². The first kappa shape index (κ1) is 11.0. The van der Waals surface area contributed by atoms with Crippen molar-refractivity contribution in [3.05, 3.63) is 33.8 Å². The van der Waals surface area contributed by atoms with Crippen molar-refractivity contribution < 1.29 is 13.2 Å². The molecule has 1 nitrogen and oxygen atoms in total. The Bertz CT molecular complexity index is 375. The van der Waals surface area contributed by atoms with E-state index in [1.54, 1.807) is 12.1 Å². The highest BCUT2D eigenvalue weighted by Gasteiger charge is 2.43. The Morgan fingerprint density at radius 3 is 2.73 bits per heavy atom. The van der Waals surface area contributed by atoms with Crippen molar-refractivity contribution in [2.75, 3.05) is 6.54 Å². The molecule has 1 unspecified atom stereocenters. The molecule has 0 fully saturated rings. The van der Waals surface area contributed by atoms with Gasteiger partial charge in [-0.3, -0.25) is 0 Å². The van der Waals surface area contributed by atoms with Crippen LogP contribution in [0.2, 0.25) is 0 Å². The van der Waals surface area contributed by atoms with Gasteiger partial charge in [-0.15, -0.1) is 0 Å². The van der Waals surface area contributed by atoms with Gasteiger partial charge < -0.3 is 5.32 Å². The van der Waals surface area contributed by atoms with Crippen LogP contribution in [0.25, 0.3) is 0 Å². The summed E-state index contributed by atoms with van der Waals surface area (Å²) in [5.41, 5.74) is 1.10. The zero-order valence-electron chi connectivity index (χ0n) is 7.74. The summed E-state index contributed by atoms with van der Waals surface area (Å²) in [6.07, 6.45) is -3.60. The van der Waals surface area contributed by atoms with Gasteiger partial charge in [-0.25, -0.2) is 0 Å². The molecule has 1 atom stereocenters. The third kappa shape index (κ3) is 2.03. The Hall–Kier alpha value is -0.550. The normalized spacial score (nSPS) is 21.2. The standard InChI is InChI=1S/C10H9BrF3N/c11-8-3-1-2-7-6(8)4-5-15-9(7)10(12,13)14/h1-3,9,15H,4-5H2. The molecule has 1 N–H and O–H groups in total. The third-order valence-corrected chi connectivity index (χ3v) is 3.26. The maximum absolute atomic E-state index is 12.7. The minimum atomic E-state index is -4.23. The number of benzene rings is 1. The van der Waals surface area contributed by atoms with Crippen molar-refractivity contribution in [3.63, 3.8) is 0 Å². The summed E-state index contributed by atoms with van der Waals surface area (Å²) in [5, 5.41) is 2.50. The molecule has 1 aromatic carbocycles. The Kier molecular flexibility index (Phi) is 2.77. The smallest absolute Gasteiger partial charge is 0.302 e. The lowest BCUT2D eigenvalue weighted by Gasteiger charge is -2.29. The average Bonchev–Trinajstić information content (AvgIpc) is 2.16. The fourth-order valence-corrected chi connectivity index (χ4v) is 2.43. The molecule has 2 rings (SSSR count). The molecule has 0 saturated heterocycles. The first-order valence-corrected chi connectivity index (χ1v) is 5.37. The van der Waals surface area contributed by atoms with Gasteiger partial charge in [-0.2, -0.15) is 13.2 Å². The molecule has 0 aliphatic carbocycles. The molecule has 0 radical (unpaired) electrons. The van der Waals surface area contributed by atoms with Crippen molar-refractivity contribution >= 4 is 15.9 Å². The summed E-state index contributed by atoms with van der Waals surface area (Å²) < 4.78 is 38.8. The molecule has 0 saturated carbocycles. The molecule has 5 heteroatoms. The monoisotopic (exact) mass is 279 g/mol. The number of alkyl halides is 3. The topological polar surface area (TPSA) is 12.0 Å². The van der Waals surface area contributed by atoms with Gasteiger partial charge in [0.05, 0.1) is 0 Å². The van der Waals surface area contributed by atoms with Crippen molar-refractivity contribution in [1.29, 1.82) is 0 Å². The number of hydrogen-bond donors (Lipinski definition) is 1. The van der Waals surface area contributed by atoms with Gasteiger partial charge in [-0.05, 0) is 23.6 Å². The van der Waals surface area contributed by atoms with Crippen LogP contribution >= 0.6 is 15.9 Å². The van der Waals surface area contributed by atoms with Crippen molar-refractivity contribution in [1.82, 2.24) is 5.32 Å². The summed E-state index contributed by atoms with van der Waals surface area (Å²) in [4.78, 5) is 0. The summed E-state index contributed by atoms with van der Waals surface area (Å²) in [6, 6.07) is 3.41. The van der Waals surface area contributed by atoms with Crippen LogP contribution in [0.4, 0.5) is 13.2 Å². The molecule has 0 bridgehead atoms. The van der Waals surface area contributed by atoms with Gasteiger partial charge in [-0.1, -0.05) is 28.1 Å². The lowest BCUT2D eigenvalue weighted by atomic mass is 9.94. The van der Waals surface area contributed by atoms with E-state index in [-0.39, 0.29) is 0 Å². The minimum Gasteiger partial charge on any atom is -0.302 e. The number of fused-ring (bicyclic) bond motifs is 1. The predicted molar refractivity (Wildman–Crippen MR) is 54.6 cm³/mol. The van der Waals surface area contributed by atoms with Gasteiger partial charge in [0.1, 0.15) is 6.04 Å². The summed E-state index contributed by atoms with van der Waals surface area (Å²) in [5.74, 6) is 0. The number of nitrogens with one attached hydrogen (secondary N) is 1. The van der Waals surface area contributed by atoms with E-state index < -0.39 is 12.2 Å². The summed E-state index contributed by atoms with van der Waals surface area (Å²) in [7, 11) is 0. The van der Waals surface area contributed by atoms with Crippen LogP contribution in [0.15, 0.2) is 22.7 Å². The number of hydrogen-bond acceptors (Lipinski definition) is 1. The zero-order chi connectivity index (χ0) is 11.1. The molecule has 1 heterocycles. The largest absolute Gasteiger partial charge is 0.407 e. The van der Waals surface area contributed by atoms with Gasteiger partial charge in [0, 0.05) is 11.0 Å². The van der Waals surface area contributed by atoms with E-state index in [0.29, 0.717) is 18.5 Å². The van der Waals surface area contributed by atoms with Crippen LogP contribution in [0.3, 0.4) is 0 Å². The van der Waals surface area contributed by atoms with E-state index >= 15 is 0 Å². The molecule has 0 aromatic heterocycles. The second-order valence-electron chi connectivity index (χ2n) is 3.49. The van der Waals surface area contributed by atoms with Gasteiger partial charge >= 0.3 is 6.18 Å². The molecule has 15 heavy (non-hydrogen) atoms. The molecule has 1 aliphatic heterocycles. The second-order valence-corrected chi connectivity index (χ2v) is 4.34. The van der Waals surface area contributed by atoms with Crippen LogP contribution in [0, 0.1) is 0 Å². The maximum Gasteiger partial charge on any atom is 0.407 e. The summed E-state index contributed by atoms with van der Waals surface area (Å²) in [6.45, 7) is 0.361. The fraction of sp³-hybridized carbons (Fsp3) is 0.400. The average molecular weight is 280 g/mol. The van der Waals surface area contributed by atoms with E-state index in [1.807, 2.05) is 0 Å². The van der Waals surface area contributed by atoms with Crippen LogP contribution in [-0.2, 0) is 6.42 Å². The fourth-order valence-electron chi connectivity index (χ4n) is 1.85. The molecule has 1 aromatic rings. The molecule has 0 spiro atoms. The van der Waals surface area contributed by atoms with E-state index in [0.717, 1.165) is 10.0 Å². The van der Waals surface area contributed by atoms with Crippen molar-refractivity contribution in [2.24, 2.45) is 0 Å². The van der Waals surface area contributed by atoms with Crippen molar-refractivity contribution in [2.45, 2.75) is 18.6 Å². The highest BCUT2D eigenvalue weighted by Crippen LogP contribution is 2.38. The highest BCUT2D eigenvalue weighted by atomic mass is 79.9. The van der Waals surface area contributed by atoms with Crippen LogP contribution < -0.4 is 5.32 Å². The van der Waals surface area contributed by atoms with E-state index in [1.165, 1.54) is 6.07 Å². The Labute approximate surface area is 93.8 Å². The zero-order valence-corrected chi connectivity index (χ0v) is 9.32. The third-order valence-electron chi connectivity index (χ3n) is 2.52. The molecular weight excluding hydrogens is 271 g/mol. The Balaban J connectivity index is 2.48. The molecule has 0 amide bonds. The molecule has 1 aliphatic rings. The first-order chi connectivity index (χ1) is 7.00. The molecule has 82 valence electrons. The van der Waals surface area contributed by atoms with Gasteiger partial charge in [0.15, 0.2) is 0 Å². The first-order valence-electron chi connectivity index (χ1n) is 4.57. The van der Waals surface area contributed by atoms with Crippen molar-refractivity contribution in [3.8, 4) is 0 Å². The Morgan fingerprint density at radius 1 is 1.33 bits per heavy atom. The number of rotatable bonds is 0. The highest BCUT2D eigenvalue weighted by molar-refractivity contribution is 9.10. The van der Waals surface area contributed by atoms with E-state index in [9.17, 15) is 13.2 Å². The lowest BCUT2D eigenvalue weighted by molar-refractivity contribution is -0.158. The van der Waals surface area contributed by atoms with Gasteiger partial charge in [0.25, 0.3) is 0 Å². The maximum atomic E-state index is 12.7. The van der Waals surface area contributed by atoms with Crippen LogP contribution in [0.1, 0.15) is 17.2 Å². The minimum absolute atomic E-state index is 0.336. The summed E-state index contributed by atoms with van der Waals surface area (Å²) >= 11 is 3.28. The SMILES string of the molecule is FC(F)(F)C1NCCc2c(Br)cccc21. The quantitative estimate of drug-likeness (QED) is 0.769. The van der Waals surface area contributed by atoms with Gasteiger partial charge in [0.2, 0.25) is 0 Å². The predicted octanol–water partition coefficient (Wildman–Crippen LogP) is 3.20. The number of halogens is 4. The Morgan fingerprint density at radius 2 is 2.07 bits per heavy atom. The van der Waals surface area contributed by atoms with Crippen LogP contribution in [0.5, 0.6) is 0 Å².